The van der Waals surface area contributed by atoms with Crippen LogP contribution in [0.2, 0.25) is 0 Å². The Bertz CT molecular complexity index is 1080. The van der Waals surface area contributed by atoms with Crippen molar-refractivity contribution in [3.8, 4) is 0 Å². The molecular formula is C27H27N3O3. The molecule has 1 aliphatic heterocycles. The Kier molecular flexibility index (Phi) is 6.54. The van der Waals surface area contributed by atoms with E-state index in [9.17, 15) is 14.4 Å². The molecule has 33 heavy (non-hydrogen) atoms. The van der Waals surface area contributed by atoms with Gasteiger partial charge in [-0.05, 0) is 23.6 Å². The summed E-state index contributed by atoms with van der Waals surface area (Å²) in [6.07, 6.45) is 0.678. The Morgan fingerprint density at radius 2 is 1.33 bits per heavy atom. The zero-order valence-corrected chi connectivity index (χ0v) is 18.5. The molecule has 0 unspecified atom stereocenters. The van der Waals surface area contributed by atoms with Crippen LogP contribution in [0.5, 0.6) is 0 Å². The highest BCUT2D eigenvalue weighted by Crippen LogP contribution is 2.27. The van der Waals surface area contributed by atoms with Gasteiger partial charge in [0.2, 0.25) is 5.91 Å². The van der Waals surface area contributed by atoms with Crippen LogP contribution >= 0.6 is 0 Å². The molecule has 0 bridgehead atoms. The standard InChI is InChI=1S/C27H27N3O3/c1-20(23-15-9-4-10-16-23)28-24(31)19-30-25(32)27(29-26(30)33,17-21-11-5-2-6-12-21)18-22-13-7-3-8-14-22/h2-16,20H,17-19H2,1H3,(H,28,31)(H,29,33)/t20-/m1/s1. The van der Waals surface area contributed by atoms with Gasteiger partial charge in [-0.15, -0.1) is 0 Å². The first-order valence-electron chi connectivity index (χ1n) is 11.0. The number of nitrogens with one attached hydrogen (secondary N) is 2. The van der Waals surface area contributed by atoms with Gasteiger partial charge in [-0.1, -0.05) is 91.0 Å². The molecule has 1 aliphatic rings. The SMILES string of the molecule is C[C@@H](NC(=O)CN1C(=O)NC(Cc2ccccc2)(Cc2ccccc2)C1=O)c1ccccc1. The summed E-state index contributed by atoms with van der Waals surface area (Å²) in [5, 5.41) is 5.79. The van der Waals surface area contributed by atoms with Crippen LogP contribution in [0.1, 0.15) is 29.7 Å². The van der Waals surface area contributed by atoms with Gasteiger partial charge in [0.15, 0.2) is 0 Å². The van der Waals surface area contributed by atoms with Crippen molar-refractivity contribution in [2.45, 2.75) is 31.3 Å². The van der Waals surface area contributed by atoms with E-state index in [0.717, 1.165) is 21.6 Å². The van der Waals surface area contributed by atoms with Gasteiger partial charge in [0.05, 0.1) is 6.04 Å². The second-order valence-electron chi connectivity index (χ2n) is 8.43. The predicted octanol–water partition coefficient (Wildman–Crippen LogP) is 3.64. The van der Waals surface area contributed by atoms with Gasteiger partial charge in [-0.2, -0.15) is 0 Å². The molecule has 1 atom stereocenters. The van der Waals surface area contributed by atoms with Crippen LogP contribution in [0, 0.1) is 0 Å². The first-order chi connectivity index (χ1) is 16.0. The van der Waals surface area contributed by atoms with Gasteiger partial charge >= 0.3 is 6.03 Å². The molecule has 0 saturated carbocycles. The van der Waals surface area contributed by atoms with Crippen LogP contribution in [0.25, 0.3) is 0 Å². The molecule has 2 N–H and O–H groups in total. The molecule has 3 aromatic rings. The molecule has 0 aliphatic carbocycles. The summed E-state index contributed by atoms with van der Waals surface area (Å²) in [6.45, 7) is 1.54. The van der Waals surface area contributed by atoms with E-state index < -0.39 is 11.6 Å². The van der Waals surface area contributed by atoms with Gasteiger partial charge in [-0.25, -0.2) is 4.79 Å². The van der Waals surface area contributed by atoms with Crippen LogP contribution in [-0.2, 0) is 22.4 Å². The van der Waals surface area contributed by atoms with E-state index >= 15 is 0 Å². The third kappa shape index (κ3) is 5.12. The van der Waals surface area contributed by atoms with Gasteiger partial charge in [0, 0.05) is 12.8 Å². The minimum absolute atomic E-state index is 0.238. The number of hydrogen-bond acceptors (Lipinski definition) is 3. The number of carbonyl (C=O) groups is 3. The zero-order valence-electron chi connectivity index (χ0n) is 18.5. The Morgan fingerprint density at radius 3 is 1.85 bits per heavy atom. The second-order valence-corrected chi connectivity index (χ2v) is 8.43. The number of amides is 4. The predicted molar refractivity (Wildman–Crippen MR) is 126 cm³/mol. The first-order valence-corrected chi connectivity index (χ1v) is 11.0. The van der Waals surface area contributed by atoms with Crippen molar-refractivity contribution >= 4 is 17.8 Å². The molecule has 1 heterocycles. The van der Waals surface area contributed by atoms with Crippen molar-refractivity contribution < 1.29 is 14.4 Å². The van der Waals surface area contributed by atoms with Crippen molar-refractivity contribution in [3.63, 3.8) is 0 Å². The van der Waals surface area contributed by atoms with Crippen LogP contribution < -0.4 is 10.6 Å². The van der Waals surface area contributed by atoms with E-state index in [2.05, 4.69) is 10.6 Å². The maximum absolute atomic E-state index is 13.6. The van der Waals surface area contributed by atoms with Crippen molar-refractivity contribution in [2.24, 2.45) is 0 Å². The van der Waals surface area contributed by atoms with Gasteiger partial charge in [0.25, 0.3) is 5.91 Å². The molecule has 3 aromatic carbocycles. The smallest absolute Gasteiger partial charge is 0.325 e. The fraction of sp³-hybridized carbons (Fsp3) is 0.222. The summed E-state index contributed by atoms with van der Waals surface area (Å²) in [5.74, 6) is -0.771. The molecule has 1 fully saturated rings. The highest BCUT2D eigenvalue weighted by molar-refractivity contribution is 6.09. The van der Waals surface area contributed by atoms with Crippen LogP contribution in [-0.4, -0.2) is 34.8 Å². The van der Waals surface area contributed by atoms with Crippen LogP contribution in [0.4, 0.5) is 4.79 Å². The van der Waals surface area contributed by atoms with Gasteiger partial charge in [-0.3, -0.25) is 14.5 Å². The zero-order chi connectivity index (χ0) is 23.3. The van der Waals surface area contributed by atoms with Crippen molar-refractivity contribution in [3.05, 3.63) is 108 Å². The molecule has 6 heteroatoms. The summed E-state index contributed by atoms with van der Waals surface area (Å²) in [7, 11) is 0. The van der Waals surface area contributed by atoms with Crippen LogP contribution in [0.3, 0.4) is 0 Å². The minimum Gasteiger partial charge on any atom is -0.348 e. The third-order valence-corrected chi connectivity index (χ3v) is 5.92. The van der Waals surface area contributed by atoms with Gasteiger partial charge in [0.1, 0.15) is 12.1 Å². The molecule has 0 spiro atoms. The summed E-state index contributed by atoms with van der Waals surface area (Å²) in [6, 6.07) is 27.9. The Balaban J connectivity index is 1.53. The van der Waals surface area contributed by atoms with Crippen LogP contribution in [0.15, 0.2) is 91.0 Å². The Morgan fingerprint density at radius 1 is 0.848 bits per heavy atom. The van der Waals surface area contributed by atoms with E-state index in [1.807, 2.05) is 97.9 Å². The van der Waals surface area contributed by atoms with E-state index in [1.165, 1.54) is 0 Å². The molecule has 6 nitrogen and oxygen atoms in total. The largest absolute Gasteiger partial charge is 0.348 e. The lowest BCUT2D eigenvalue weighted by molar-refractivity contribution is -0.135. The Hall–Kier alpha value is -3.93. The Labute approximate surface area is 193 Å². The highest BCUT2D eigenvalue weighted by atomic mass is 16.2. The number of hydrogen-bond donors (Lipinski definition) is 2. The maximum Gasteiger partial charge on any atom is 0.325 e. The van der Waals surface area contributed by atoms with E-state index in [4.69, 9.17) is 0 Å². The number of carbonyl (C=O) groups excluding carboxylic acids is 3. The van der Waals surface area contributed by atoms with Crippen molar-refractivity contribution in [2.75, 3.05) is 6.54 Å². The molecule has 168 valence electrons. The molecule has 1 saturated heterocycles. The quantitative estimate of drug-likeness (QED) is 0.524. The third-order valence-electron chi connectivity index (χ3n) is 5.92. The summed E-state index contributed by atoms with van der Waals surface area (Å²) < 4.78 is 0. The van der Waals surface area contributed by atoms with E-state index in [-0.39, 0.29) is 24.4 Å². The molecule has 4 rings (SSSR count). The molecule has 4 amide bonds. The topological polar surface area (TPSA) is 78.5 Å². The first kappa shape index (κ1) is 22.3. The lowest BCUT2D eigenvalue weighted by atomic mass is 9.84. The number of rotatable bonds is 8. The van der Waals surface area contributed by atoms with E-state index in [1.54, 1.807) is 0 Å². The summed E-state index contributed by atoms with van der Waals surface area (Å²) in [5.41, 5.74) is 1.67. The lowest BCUT2D eigenvalue weighted by Crippen LogP contribution is -2.51. The highest BCUT2D eigenvalue weighted by Gasteiger charge is 2.51. The maximum atomic E-state index is 13.6. The number of benzene rings is 3. The average Bonchev–Trinajstić information content (AvgIpc) is 3.04. The number of nitrogens with zero attached hydrogens (tertiary/aromatic N) is 1. The fourth-order valence-electron chi connectivity index (χ4n) is 4.27. The molecule has 0 radical (unpaired) electrons. The van der Waals surface area contributed by atoms with Gasteiger partial charge < -0.3 is 10.6 Å². The minimum atomic E-state index is -1.15. The second kappa shape index (κ2) is 9.69. The fourth-order valence-corrected chi connectivity index (χ4v) is 4.27. The summed E-state index contributed by atoms with van der Waals surface area (Å²) in [4.78, 5) is 40.2. The van der Waals surface area contributed by atoms with Crippen molar-refractivity contribution in [1.29, 1.82) is 0 Å². The monoisotopic (exact) mass is 441 g/mol. The normalized spacial score (nSPS) is 15.7. The average molecular weight is 442 g/mol. The van der Waals surface area contributed by atoms with Crippen molar-refractivity contribution in [1.82, 2.24) is 15.5 Å². The number of imide groups is 1. The lowest BCUT2D eigenvalue weighted by Gasteiger charge is -2.27. The number of urea groups is 1. The van der Waals surface area contributed by atoms with E-state index in [0.29, 0.717) is 12.8 Å². The molecular weight excluding hydrogens is 414 g/mol. The molecule has 0 aromatic heterocycles. The summed E-state index contributed by atoms with van der Waals surface area (Å²) >= 11 is 0.